The molecule has 68 valence electrons. The first-order chi connectivity index (χ1) is 6.09. The molecular formula is C10H10FNO. The predicted molar refractivity (Wildman–Crippen MR) is 49.4 cm³/mol. The van der Waals surface area contributed by atoms with Crippen molar-refractivity contribution in [2.45, 2.75) is 13.0 Å². The van der Waals surface area contributed by atoms with Crippen molar-refractivity contribution in [1.82, 2.24) is 0 Å². The first-order valence-electron chi connectivity index (χ1n) is 3.84. The average molecular weight is 179 g/mol. The van der Waals surface area contributed by atoms with E-state index >= 15 is 0 Å². The maximum Gasteiger partial charge on any atom is 0.147 e. The fourth-order valence-corrected chi connectivity index (χ4v) is 0.793. The van der Waals surface area contributed by atoms with Crippen LogP contribution in [0.25, 0.3) is 0 Å². The number of anilines is 1. The molecule has 0 aliphatic carbocycles. The third kappa shape index (κ3) is 2.77. The standard InChI is InChI=1S/C10H10FNO/c1-7(13)2-3-8-4-5-10(12)9(11)6-8/h4-7,13H,12H2,1H3/t7-/m0/s1. The lowest BCUT2D eigenvalue weighted by molar-refractivity contribution is 0.253. The van der Waals surface area contributed by atoms with E-state index in [0.29, 0.717) is 5.56 Å². The lowest BCUT2D eigenvalue weighted by atomic mass is 10.2. The Balaban J connectivity index is 2.94. The van der Waals surface area contributed by atoms with E-state index < -0.39 is 11.9 Å². The second-order valence-corrected chi connectivity index (χ2v) is 2.68. The van der Waals surface area contributed by atoms with Gasteiger partial charge in [-0.1, -0.05) is 11.8 Å². The van der Waals surface area contributed by atoms with Gasteiger partial charge in [-0.2, -0.15) is 0 Å². The van der Waals surface area contributed by atoms with Crippen LogP contribution in [0.4, 0.5) is 10.1 Å². The number of hydrogen-bond donors (Lipinski definition) is 2. The van der Waals surface area contributed by atoms with Crippen molar-refractivity contribution in [3.8, 4) is 11.8 Å². The number of benzene rings is 1. The Hall–Kier alpha value is -1.53. The number of nitrogens with two attached hydrogens (primary N) is 1. The van der Waals surface area contributed by atoms with Crippen molar-refractivity contribution in [3.05, 3.63) is 29.6 Å². The van der Waals surface area contributed by atoms with Crippen LogP contribution in [0.3, 0.4) is 0 Å². The van der Waals surface area contributed by atoms with Crippen molar-refractivity contribution in [3.63, 3.8) is 0 Å². The van der Waals surface area contributed by atoms with Gasteiger partial charge in [0.15, 0.2) is 0 Å². The van der Waals surface area contributed by atoms with E-state index in [1.54, 1.807) is 13.0 Å². The van der Waals surface area contributed by atoms with Gasteiger partial charge in [-0.3, -0.25) is 0 Å². The van der Waals surface area contributed by atoms with Gasteiger partial charge in [0.1, 0.15) is 11.9 Å². The van der Waals surface area contributed by atoms with Crippen LogP contribution in [0.2, 0.25) is 0 Å². The van der Waals surface area contributed by atoms with Crippen LogP contribution < -0.4 is 5.73 Å². The molecule has 3 heteroatoms. The van der Waals surface area contributed by atoms with Crippen LogP contribution in [0, 0.1) is 17.7 Å². The van der Waals surface area contributed by atoms with Crippen molar-refractivity contribution < 1.29 is 9.50 Å². The molecule has 0 saturated carbocycles. The molecule has 1 atom stereocenters. The molecule has 0 aromatic heterocycles. The SMILES string of the molecule is C[C@H](O)C#Cc1ccc(N)c(F)c1. The van der Waals surface area contributed by atoms with Gasteiger partial charge in [-0.25, -0.2) is 4.39 Å². The Kier molecular flexibility index (Phi) is 2.88. The molecule has 0 bridgehead atoms. The summed E-state index contributed by atoms with van der Waals surface area (Å²) in [5, 5.41) is 8.85. The lowest BCUT2D eigenvalue weighted by Crippen LogP contribution is -1.94. The number of nitrogen functional groups attached to an aromatic ring is 1. The predicted octanol–water partition coefficient (Wildman–Crippen LogP) is 1.14. The van der Waals surface area contributed by atoms with Gasteiger partial charge in [-0.15, -0.1) is 0 Å². The Morgan fingerprint density at radius 2 is 2.23 bits per heavy atom. The summed E-state index contributed by atoms with van der Waals surface area (Å²) in [4.78, 5) is 0. The summed E-state index contributed by atoms with van der Waals surface area (Å²) >= 11 is 0. The topological polar surface area (TPSA) is 46.2 Å². The second kappa shape index (κ2) is 3.92. The van der Waals surface area contributed by atoms with Gasteiger partial charge in [0, 0.05) is 5.56 Å². The summed E-state index contributed by atoms with van der Waals surface area (Å²) in [6.07, 6.45) is -0.708. The molecule has 0 amide bonds. The molecule has 1 aromatic carbocycles. The van der Waals surface area contributed by atoms with Crippen molar-refractivity contribution in [2.75, 3.05) is 5.73 Å². The van der Waals surface area contributed by atoms with Gasteiger partial charge < -0.3 is 10.8 Å². The van der Waals surface area contributed by atoms with E-state index in [4.69, 9.17) is 10.8 Å². The van der Waals surface area contributed by atoms with Crippen LogP contribution >= 0.6 is 0 Å². The maximum atomic E-state index is 12.8. The minimum atomic E-state index is -0.708. The summed E-state index contributed by atoms with van der Waals surface area (Å²) in [7, 11) is 0. The van der Waals surface area contributed by atoms with E-state index in [0.717, 1.165) is 0 Å². The number of hydrogen-bond acceptors (Lipinski definition) is 2. The largest absolute Gasteiger partial charge is 0.396 e. The fraction of sp³-hybridized carbons (Fsp3) is 0.200. The molecule has 1 rings (SSSR count). The van der Waals surface area contributed by atoms with Gasteiger partial charge in [0.05, 0.1) is 5.69 Å². The maximum absolute atomic E-state index is 12.8. The molecule has 0 aliphatic heterocycles. The molecule has 0 aliphatic rings. The Morgan fingerprint density at radius 3 is 2.77 bits per heavy atom. The van der Waals surface area contributed by atoms with E-state index in [9.17, 15) is 4.39 Å². The Bertz CT molecular complexity index is 363. The first-order valence-corrected chi connectivity index (χ1v) is 3.84. The fourth-order valence-electron chi connectivity index (χ4n) is 0.793. The molecule has 0 saturated heterocycles. The normalized spacial score (nSPS) is 11.6. The highest BCUT2D eigenvalue weighted by molar-refractivity contribution is 5.46. The minimum absolute atomic E-state index is 0.0996. The zero-order chi connectivity index (χ0) is 9.84. The highest BCUT2D eigenvalue weighted by Gasteiger charge is 1.97. The van der Waals surface area contributed by atoms with Gasteiger partial charge >= 0.3 is 0 Å². The highest BCUT2D eigenvalue weighted by atomic mass is 19.1. The summed E-state index contributed by atoms with van der Waals surface area (Å²) in [6.45, 7) is 1.54. The first kappa shape index (κ1) is 9.56. The second-order valence-electron chi connectivity index (χ2n) is 2.68. The lowest BCUT2D eigenvalue weighted by Gasteiger charge is -1.95. The summed E-state index contributed by atoms with van der Waals surface area (Å²) in [5.74, 6) is 4.63. The van der Waals surface area contributed by atoms with Crippen molar-refractivity contribution in [2.24, 2.45) is 0 Å². The molecule has 13 heavy (non-hydrogen) atoms. The molecule has 0 heterocycles. The number of rotatable bonds is 0. The highest BCUT2D eigenvalue weighted by Crippen LogP contribution is 2.10. The van der Waals surface area contributed by atoms with E-state index in [1.807, 2.05) is 0 Å². The van der Waals surface area contributed by atoms with E-state index in [2.05, 4.69) is 11.8 Å². The van der Waals surface area contributed by atoms with Gasteiger partial charge in [-0.05, 0) is 25.1 Å². The number of halogens is 1. The molecule has 1 aromatic rings. The summed E-state index contributed by atoms with van der Waals surface area (Å²) in [5.41, 5.74) is 5.88. The smallest absolute Gasteiger partial charge is 0.147 e. The van der Waals surface area contributed by atoms with Crippen molar-refractivity contribution >= 4 is 5.69 Å². The molecule has 0 unspecified atom stereocenters. The van der Waals surface area contributed by atoms with Crippen molar-refractivity contribution in [1.29, 1.82) is 0 Å². The van der Waals surface area contributed by atoms with Gasteiger partial charge in [0.25, 0.3) is 0 Å². The Morgan fingerprint density at radius 1 is 1.54 bits per heavy atom. The molecular weight excluding hydrogens is 169 g/mol. The van der Waals surface area contributed by atoms with Crippen LogP contribution in [0.1, 0.15) is 12.5 Å². The molecule has 3 N–H and O–H groups in total. The monoisotopic (exact) mass is 179 g/mol. The molecule has 2 nitrogen and oxygen atoms in total. The zero-order valence-corrected chi connectivity index (χ0v) is 7.21. The zero-order valence-electron chi connectivity index (χ0n) is 7.21. The van der Waals surface area contributed by atoms with Crippen LogP contribution in [-0.4, -0.2) is 11.2 Å². The third-order valence-corrected chi connectivity index (χ3v) is 1.43. The third-order valence-electron chi connectivity index (χ3n) is 1.43. The summed E-state index contributed by atoms with van der Waals surface area (Å²) < 4.78 is 12.8. The minimum Gasteiger partial charge on any atom is -0.396 e. The quantitative estimate of drug-likeness (QED) is 0.463. The Labute approximate surface area is 76.2 Å². The molecule has 0 fully saturated rings. The number of aliphatic hydroxyl groups excluding tert-OH is 1. The van der Waals surface area contributed by atoms with Crippen LogP contribution in [0.5, 0.6) is 0 Å². The van der Waals surface area contributed by atoms with Crippen LogP contribution in [0.15, 0.2) is 18.2 Å². The average Bonchev–Trinajstić information content (AvgIpc) is 2.07. The summed E-state index contributed by atoms with van der Waals surface area (Å²) in [6, 6.07) is 4.29. The van der Waals surface area contributed by atoms with Gasteiger partial charge in [0.2, 0.25) is 0 Å². The van der Waals surface area contributed by atoms with E-state index in [-0.39, 0.29) is 5.69 Å². The van der Waals surface area contributed by atoms with E-state index in [1.165, 1.54) is 12.1 Å². The van der Waals surface area contributed by atoms with Crippen LogP contribution in [-0.2, 0) is 0 Å². The molecule has 0 radical (unpaired) electrons. The molecule has 0 spiro atoms. The number of aliphatic hydroxyl groups is 1.